The number of piperidine rings is 1. The Labute approximate surface area is 154 Å². The van der Waals surface area contributed by atoms with E-state index in [9.17, 15) is 9.59 Å². The van der Waals surface area contributed by atoms with Crippen molar-refractivity contribution >= 4 is 17.8 Å². The summed E-state index contributed by atoms with van der Waals surface area (Å²) in [6, 6.07) is 1.98. The molecule has 2 fully saturated rings. The maximum Gasteiger partial charge on any atom is 0.317 e. The van der Waals surface area contributed by atoms with E-state index in [-0.39, 0.29) is 23.9 Å². The maximum absolute atomic E-state index is 12.6. The molecule has 3 amide bonds. The molecular formula is C19H30N4O3. The van der Waals surface area contributed by atoms with Crippen molar-refractivity contribution in [3.8, 4) is 0 Å². The van der Waals surface area contributed by atoms with Gasteiger partial charge in [-0.1, -0.05) is 31.8 Å². The molecular weight excluding hydrogens is 332 g/mol. The van der Waals surface area contributed by atoms with E-state index >= 15 is 0 Å². The van der Waals surface area contributed by atoms with E-state index < -0.39 is 0 Å². The monoisotopic (exact) mass is 362 g/mol. The molecule has 0 radical (unpaired) electrons. The average molecular weight is 362 g/mol. The standard InChI is InChI=1S/C19H30N4O3/c1-12-5-4-6-16(14(12)3)20-19(25)23-9-7-15(8-10-23)18(24)21-17-11-13(2)26-22-17/h11-12,14-16H,4-10H2,1-3H3,(H,20,25)(H,21,22,24). The fraction of sp³-hybridized carbons (Fsp3) is 0.737. The Bertz CT molecular complexity index is 636. The van der Waals surface area contributed by atoms with E-state index in [0.29, 0.717) is 49.3 Å². The van der Waals surface area contributed by atoms with Gasteiger partial charge in [0.1, 0.15) is 5.76 Å². The number of amides is 3. The predicted molar refractivity (Wildman–Crippen MR) is 98.7 cm³/mol. The molecule has 1 saturated carbocycles. The Morgan fingerprint density at radius 2 is 1.92 bits per heavy atom. The first-order valence-electron chi connectivity index (χ1n) is 9.73. The van der Waals surface area contributed by atoms with E-state index in [2.05, 4.69) is 29.6 Å². The van der Waals surface area contributed by atoms with Crippen LogP contribution in [-0.4, -0.2) is 41.1 Å². The van der Waals surface area contributed by atoms with Crippen molar-refractivity contribution in [1.82, 2.24) is 15.4 Å². The number of aromatic nitrogens is 1. The highest BCUT2D eigenvalue weighted by atomic mass is 16.5. The van der Waals surface area contributed by atoms with Gasteiger partial charge in [0.05, 0.1) is 0 Å². The highest BCUT2D eigenvalue weighted by Crippen LogP contribution is 2.29. The van der Waals surface area contributed by atoms with Crippen LogP contribution >= 0.6 is 0 Å². The Morgan fingerprint density at radius 1 is 1.19 bits per heavy atom. The molecule has 3 rings (SSSR count). The van der Waals surface area contributed by atoms with Gasteiger partial charge in [-0.3, -0.25) is 4.79 Å². The van der Waals surface area contributed by atoms with Gasteiger partial charge >= 0.3 is 6.03 Å². The first kappa shape index (κ1) is 18.7. The van der Waals surface area contributed by atoms with E-state index in [1.807, 2.05) is 4.90 Å². The summed E-state index contributed by atoms with van der Waals surface area (Å²) in [7, 11) is 0. The summed E-state index contributed by atoms with van der Waals surface area (Å²) >= 11 is 0. The van der Waals surface area contributed by atoms with Crippen LogP contribution in [0.25, 0.3) is 0 Å². The predicted octanol–water partition coefficient (Wildman–Crippen LogP) is 3.17. The molecule has 1 aromatic heterocycles. The summed E-state index contributed by atoms with van der Waals surface area (Å²) in [5.74, 6) is 2.15. The second-order valence-corrected chi connectivity index (χ2v) is 7.90. The van der Waals surface area contributed by atoms with Gasteiger partial charge in [-0.15, -0.1) is 0 Å². The number of carbonyl (C=O) groups is 2. The van der Waals surface area contributed by atoms with Gasteiger partial charge < -0.3 is 20.1 Å². The minimum absolute atomic E-state index is 0.0157. The van der Waals surface area contributed by atoms with Gasteiger partial charge in [0.15, 0.2) is 5.82 Å². The minimum atomic E-state index is -0.0929. The molecule has 2 heterocycles. The topological polar surface area (TPSA) is 87.5 Å². The summed E-state index contributed by atoms with van der Waals surface area (Å²) in [5, 5.41) is 9.80. The van der Waals surface area contributed by atoms with Crippen LogP contribution in [0.5, 0.6) is 0 Å². The van der Waals surface area contributed by atoms with Crippen LogP contribution in [0.1, 0.15) is 51.7 Å². The summed E-state index contributed by atoms with van der Waals surface area (Å²) in [5.41, 5.74) is 0. The first-order chi connectivity index (χ1) is 12.4. The Kier molecular flexibility index (Phi) is 5.84. The Balaban J connectivity index is 1.45. The first-order valence-corrected chi connectivity index (χ1v) is 9.73. The number of aryl methyl sites for hydroxylation is 1. The summed E-state index contributed by atoms with van der Waals surface area (Å²) in [6.45, 7) is 7.50. The van der Waals surface area contributed by atoms with Gasteiger partial charge in [-0.2, -0.15) is 0 Å². The molecule has 1 aromatic rings. The number of carbonyl (C=O) groups excluding carboxylic acids is 2. The van der Waals surface area contributed by atoms with Crippen LogP contribution < -0.4 is 10.6 Å². The molecule has 0 spiro atoms. The van der Waals surface area contributed by atoms with Crippen molar-refractivity contribution in [2.75, 3.05) is 18.4 Å². The van der Waals surface area contributed by atoms with Crippen molar-refractivity contribution in [3.63, 3.8) is 0 Å². The lowest BCUT2D eigenvalue weighted by atomic mass is 9.78. The van der Waals surface area contributed by atoms with Crippen LogP contribution in [0.2, 0.25) is 0 Å². The van der Waals surface area contributed by atoms with Gasteiger partial charge in [0.25, 0.3) is 0 Å². The highest BCUT2D eigenvalue weighted by Gasteiger charge is 2.32. The summed E-state index contributed by atoms with van der Waals surface area (Å²) in [4.78, 5) is 26.8. The largest absolute Gasteiger partial charge is 0.360 e. The van der Waals surface area contributed by atoms with Crippen molar-refractivity contribution in [2.24, 2.45) is 17.8 Å². The smallest absolute Gasteiger partial charge is 0.317 e. The van der Waals surface area contributed by atoms with E-state index in [4.69, 9.17) is 4.52 Å². The Morgan fingerprint density at radius 3 is 2.58 bits per heavy atom. The molecule has 3 unspecified atom stereocenters. The zero-order valence-corrected chi connectivity index (χ0v) is 16.0. The number of anilines is 1. The number of rotatable bonds is 3. The SMILES string of the molecule is Cc1cc(NC(=O)C2CCN(C(=O)NC3CCCC(C)C3C)CC2)no1. The van der Waals surface area contributed by atoms with Crippen LogP contribution in [0.15, 0.2) is 10.6 Å². The zero-order valence-electron chi connectivity index (χ0n) is 16.0. The van der Waals surface area contributed by atoms with E-state index in [1.165, 1.54) is 12.8 Å². The molecule has 2 aliphatic rings. The molecule has 1 saturated heterocycles. The third-order valence-corrected chi connectivity index (χ3v) is 6.05. The van der Waals surface area contributed by atoms with Crippen LogP contribution in [-0.2, 0) is 4.79 Å². The fourth-order valence-electron chi connectivity index (χ4n) is 4.03. The number of urea groups is 1. The molecule has 2 N–H and O–H groups in total. The Hall–Kier alpha value is -2.05. The summed E-state index contributed by atoms with van der Waals surface area (Å²) < 4.78 is 4.96. The lowest BCUT2D eigenvalue weighted by Crippen LogP contribution is -2.51. The van der Waals surface area contributed by atoms with Gasteiger partial charge in [0.2, 0.25) is 5.91 Å². The summed E-state index contributed by atoms with van der Waals surface area (Å²) in [6.07, 6.45) is 4.84. The van der Waals surface area contributed by atoms with Crippen LogP contribution in [0, 0.1) is 24.7 Å². The van der Waals surface area contributed by atoms with Crippen molar-refractivity contribution in [3.05, 3.63) is 11.8 Å². The molecule has 1 aliphatic carbocycles. The van der Waals surface area contributed by atoms with Crippen molar-refractivity contribution < 1.29 is 14.1 Å². The minimum Gasteiger partial charge on any atom is -0.360 e. The lowest BCUT2D eigenvalue weighted by molar-refractivity contribution is -0.121. The number of nitrogens with zero attached hydrogens (tertiary/aromatic N) is 2. The molecule has 144 valence electrons. The fourth-order valence-corrected chi connectivity index (χ4v) is 4.03. The molecule has 3 atom stereocenters. The normalized spacial score (nSPS) is 27.2. The van der Waals surface area contributed by atoms with E-state index in [0.717, 1.165) is 6.42 Å². The van der Waals surface area contributed by atoms with Gasteiger partial charge in [-0.25, -0.2) is 4.79 Å². The molecule has 1 aliphatic heterocycles. The molecule has 7 nitrogen and oxygen atoms in total. The second kappa shape index (κ2) is 8.10. The number of likely N-dealkylation sites (tertiary alicyclic amines) is 1. The number of hydrogen-bond donors (Lipinski definition) is 2. The van der Waals surface area contributed by atoms with Gasteiger partial charge in [-0.05, 0) is 38.0 Å². The second-order valence-electron chi connectivity index (χ2n) is 7.90. The van der Waals surface area contributed by atoms with Crippen LogP contribution in [0.4, 0.5) is 10.6 Å². The van der Waals surface area contributed by atoms with Crippen molar-refractivity contribution in [2.45, 2.75) is 58.9 Å². The maximum atomic E-state index is 12.6. The van der Waals surface area contributed by atoms with E-state index in [1.54, 1.807) is 13.0 Å². The van der Waals surface area contributed by atoms with Crippen molar-refractivity contribution in [1.29, 1.82) is 0 Å². The number of nitrogens with one attached hydrogen (secondary N) is 2. The lowest BCUT2D eigenvalue weighted by Gasteiger charge is -2.37. The highest BCUT2D eigenvalue weighted by molar-refractivity contribution is 5.91. The quantitative estimate of drug-likeness (QED) is 0.864. The molecule has 0 aromatic carbocycles. The third kappa shape index (κ3) is 4.37. The van der Waals surface area contributed by atoms with Gasteiger partial charge in [0, 0.05) is 31.1 Å². The molecule has 7 heteroatoms. The average Bonchev–Trinajstić information content (AvgIpc) is 3.04. The number of hydrogen-bond acceptors (Lipinski definition) is 4. The van der Waals surface area contributed by atoms with Crippen LogP contribution in [0.3, 0.4) is 0 Å². The zero-order chi connectivity index (χ0) is 18.7. The third-order valence-electron chi connectivity index (χ3n) is 6.05. The molecule has 26 heavy (non-hydrogen) atoms. The molecule has 0 bridgehead atoms.